The molecule has 48 heavy (non-hydrogen) atoms. The highest BCUT2D eigenvalue weighted by Gasteiger charge is 2.68. The van der Waals surface area contributed by atoms with E-state index in [0.29, 0.717) is 0 Å². The summed E-state index contributed by atoms with van der Waals surface area (Å²) in [5.41, 5.74) is -0.570. The first-order chi connectivity index (χ1) is 23.4. The van der Waals surface area contributed by atoms with E-state index in [-0.39, 0.29) is 46.2 Å². The van der Waals surface area contributed by atoms with E-state index in [1.54, 1.807) is 4.90 Å². The van der Waals surface area contributed by atoms with E-state index >= 15 is 8.78 Å². The van der Waals surface area contributed by atoms with Gasteiger partial charge in [-0.1, -0.05) is 121 Å². The lowest BCUT2D eigenvalue weighted by Gasteiger charge is -2.38. The molecule has 1 saturated heterocycles. The van der Waals surface area contributed by atoms with Crippen LogP contribution in [0, 0.1) is 0 Å². The number of halogens is 2. The fourth-order valence-electron chi connectivity index (χ4n) is 6.09. The van der Waals surface area contributed by atoms with Crippen LogP contribution in [0.1, 0.15) is 36.1 Å². The highest BCUT2D eigenvalue weighted by Crippen LogP contribution is 2.65. The highest BCUT2D eigenvalue weighted by atomic mass is 31.2. The molecular weight excluding hydrogens is 635 g/mol. The van der Waals surface area contributed by atoms with Gasteiger partial charge in [0.05, 0.1) is 45.7 Å². The number of hydrogen-bond donors (Lipinski definition) is 0. The second-order valence-corrected chi connectivity index (χ2v) is 13.7. The summed E-state index contributed by atoms with van der Waals surface area (Å²) in [6.07, 6.45) is -2.15. The summed E-state index contributed by atoms with van der Waals surface area (Å²) in [5.74, 6) is 0. The van der Waals surface area contributed by atoms with Crippen molar-refractivity contribution in [3.8, 4) is 0 Å². The second-order valence-electron chi connectivity index (χ2n) is 11.6. The lowest BCUT2D eigenvalue weighted by molar-refractivity contribution is -0.114. The van der Waals surface area contributed by atoms with Gasteiger partial charge < -0.3 is 23.3 Å². The molecule has 0 unspecified atom stereocenters. The standard InChI is InChI=1S/C38H44F2NO6P/c1-3-46-48(42,47-4-2)38(39,40)37-36(45-28-33-23-15-8-16-24-33)35(44-27-32-21-13-7-14-22-32)34(29-43-26-31-19-11-6-12-20-31)41(37)25-30-17-9-5-10-18-30/h5-24,34-37H,3-4,25-29H2,1-2H3/t34-,35+,36-,37-/m0/s1. The maximum absolute atomic E-state index is 17.2. The zero-order valence-electron chi connectivity index (χ0n) is 27.4. The summed E-state index contributed by atoms with van der Waals surface area (Å²) in [7, 11) is -5.00. The number of hydrogen-bond acceptors (Lipinski definition) is 7. The number of nitrogens with zero attached hydrogens (tertiary/aromatic N) is 1. The van der Waals surface area contributed by atoms with Crippen LogP contribution >= 0.6 is 7.60 Å². The Kier molecular flexibility index (Phi) is 13.1. The van der Waals surface area contributed by atoms with E-state index in [9.17, 15) is 4.57 Å². The molecule has 4 atom stereocenters. The Morgan fingerprint density at radius 2 is 1.04 bits per heavy atom. The highest BCUT2D eigenvalue weighted by molar-refractivity contribution is 7.55. The molecule has 7 nitrogen and oxygen atoms in total. The van der Waals surface area contributed by atoms with Crippen molar-refractivity contribution in [1.29, 1.82) is 0 Å². The van der Waals surface area contributed by atoms with E-state index in [2.05, 4.69) is 0 Å². The van der Waals surface area contributed by atoms with Gasteiger partial charge in [0.2, 0.25) is 0 Å². The van der Waals surface area contributed by atoms with E-state index in [1.807, 2.05) is 121 Å². The van der Waals surface area contributed by atoms with Gasteiger partial charge in [0, 0.05) is 6.54 Å². The van der Waals surface area contributed by atoms with E-state index in [4.69, 9.17) is 23.3 Å². The number of benzene rings is 4. The number of alkyl halides is 2. The van der Waals surface area contributed by atoms with Crippen LogP contribution in [-0.2, 0) is 54.2 Å². The summed E-state index contributed by atoms with van der Waals surface area (Å²) < 4.78 is 78.5. The van der Waals surface area contributed by atoms with Crippen molar-refractivity contribution in [1.82, 2.24) is 4.90 Å². The Morgan fingerprint density at radius 3 is 1.50 bits per heavy atom. The summed E-state index contributed by atoms with van der Waals surface area (Å²) in [6, 6.07) is 35.4. The van der Waals surface area contributed by atoms with Gasteiger partial charge in [-0.2, -0.15) is 8.78 Å². The Hall–Kier alpha value is -3.27. The van der Waals surface area contributed by atoms with E-state index in [0.717, 1.165) is 22.3 Å². The maximum atomic E-state index is 17.2. The molecule has 0 radical (unpaired) electrons. The molecule has 0 bridgehead atoms. The molecule has 5 rings (SSSR count). The van der Waals surface area contributed by atoms with Crippen LogP contribution in [0.15, 0.2) is 121 Å². The molecule has 1 aliphatic rings. The van der Waals surface area contributed by atoms with Gasteiger partial charge in [-0.15, -0.1) is 0 Å². The zero-order valence-corrected chi connectivity index (χ0v) is 28.3. The smallest absolute Gasteiger partial charge is 0.375 e. The molecule has 1 heterocycles. The van der Waals surface area contributed by atoms with Crippen molar-refractivity contribution in [2.75, 3.05) is 19.8 Å². The molecule has 256 valence electrons. The fraction of sp³-hybridized carbons (Fsp3) is 0.368. The van der Waals surface area contributed by atoms with Gasteiger partial charge in [-0.3, -0.25) is 9.46 Å². The first-order valence-corrected chi connectivity index (χ1v) is 17.9. The van der Waals surface area contributed by atoms with E-state index < -0.39 is 37.6 Å². The van der Waals surface area contributed by atoms with Gasteiger partial charge >= 0.3 is 13.3 Å². The molecule has 10 heteroatoms. The van der Waals surface area contributed by atoms with Crippen LogP contribution in [0.25, 0.3) is 0 Å². The predicted molar refractivity (Wildman–Crippen MR) is 182 cm³/mol. The van der Waals surface area contributed by atoms with Crippen LogP contribution in [-0.4, -0.2) is 54.7 Å². The van der Waals surface area contributed by atoms with Crippen molar-refractivity contribution in [3.63, 3.8) is 0 Å². The van der Waals surface area contributed by atoms with E-state index in [1.165, 1.54) is 13.8 Å². The summed E-state index contributed by atoms with van der Waals surface area (Å²) >= 11 is 0. The van der Waals surface area contributed by atoms with Gasteiger partial charge in [0.1, 0.15) is 18.2 Å². The van der Waals surface area contributed by atoms with Crippen molar-refractivity contribution >= 4 is 7.60 Å². The predicted octanol–water partition coefficient (Wildman–Crippen LogP) is 8.49. The molecule has 0 amide bonds. The maximum Gasteiger partial charge on any atom is 0.401 e. The van der Waals surface area contributed by atoms with Crippen LogP contribution in [0.2, 0.25) is 0 Å². The van der Waals surface area contributed by atoms with Gasteiger partial charge in [-0.25, -0.2) is 0 Å². The Bertz CT molecular complexity index is 1540. The SMILES string of the molecule is CCOP(=O)(OCC)C(F)(F)[C@@H]1[C@@H](OCc2ccccc2)[C@H](OCc2ccccc2)[C@H](COCc2ccccc2)N1Cc1ccccc1. The topological polar surface area (TPSA) is 66.5 Å². The third-order valence-corrected chi connectivity index (χ3v) is 10.5. The third kappa shape index (κ3) is 8.84. The number of rotatable bonds is 18. The van der Waals surface area contributed by atoms with Gasteiger partial charge in [0.25, 0.3) is 0 Å². The van der Waals surface area contributed by atoms with Gasteiger partial charge in [0.15, 0.2) is 0 Å². The van der Waals surface area contributed by atoms with Crippen molar-refractivity contribution < 1.29 is 36.6 Å². The van der Waals surface area contributed by atoms with Crippen molar-refractivity contribution in [3.05, 3.63) is 144 Å². The van der Waals surface area contributed by atoms with Crippen molar-refractivity contribution in [2.24, 2.45) is 0 Å². The normalized spacial score (nSPS) is 20.2. The molecular formula is C38H44F2NO6P. The first kappa shape index (κ1) is 36.0. The average Bonchev–Trinajstić information content (AvgIpc) is 3.40. The molecule has 0 aromatic heterocycles. The largest absolute Gasteiger partial charge is 0.401 e. The Labute approximate surface area is 282 Å². The summed E-state index contributed by atoms with van der Waals surface area (Å²) in [6.45, 7) is 3.21. The minimum absolute atomic E-state index is 0.0353. The van der Waals surface area contributed by atoms with Crippen LogP contribution in [0.3, 0.4) is 0 Å². The lowest BCUT2D eigenvalue weighted by atomic mass is 10.1. The molecule has 4 aromatic rings. The minimum atomic E-state index is -5.00. The second kappa shape index (κ2) is 17.4. The molecule has 0 N–H and O–H groups in total. The Morgan fingerprint density at radius 1 is 0.625 bits per heavy atom. The van der Waals surface area contributed by atoms with Crippen molar-refractivity contribution in [2.45, 2.75) is 70.2 Å². The summed E-state index contributed by atoms with van der Waals surface area (Å²) in [5, 5.41) is 0. The third-order valence-electron chi connectivity index (χ3n) is 8.30. The molecule has 0 aliphatic carbocycles. The first-order valence-electron chi connectivity index (χ1n) is 16.4. The van der Waals surface area contributed by atoms with Crippen LogP contribution in [0.5, 0.6) is 0 Å². The fourth-order valence-corrected chi connectivity index (χ4v) is 7.81. The molecule has 0 saturated carbocycles. The van der Waals surface area contributed by atoms with Gasteiger partial charge in [-0.05, 0) is 36.1 Å². The minimum Gasteiger partial charge on any atom is -0.375 e. The number of ether oxygens (including phenoxy) is 3. The van der Waals surface area contributed by atoms with Crippen LogP contribution < -0.4 is 0 Å². The monoisotopic (exact) mass is 679 g/mol. The Balaban J connectivity index is 1.59. The van der Waals surface area contributed by atoms with Crippen LogP contribution in [0.4, 0.5) is 8.78 Å². The number of likely N-dealkylation sites (tertiary alicyclic amines) is 1. The molecule has 4 aromatic carbocycles. The quantitative estimate of drug-likeness (QED) is 0.0978. The molecule has 1 aliphatic heterocycles. The molecule has 1 fully saturated rings. The average molecular weight is 680 g/mol. The summed E-state index contributed by atoms with van der Waals surface area (Å²) in [4.78, 5) is 1.62. The lowest BCUT2D eigenvalue weighted by Crippen LogP contribution is -2.52. The molecule has 0 spiro atoms. The zero-order chi connectivity index (χ0) is 33.8.